The Kier molecular flexibility index (Phi) is 9.92. The molecule has 1 aromatic carbocycles. The van der Waals surface area contributed by atoms with Gasteiger partial charge in [0.15, 0.2) is 0 Å². The number of carbonyl (C=O) groups is 1. The SMILES string of the molecule is COCCNCC(=O)N1CCC(CCc2ccccc2)CC1.Cl. The van der Waals surface area contributed by atoms with E-state index in [2.05, 4.69) is 35.6 Å². The van der Waals surface area contributed by atoms with Crippen LogP contribution in [0.5, 0.6) is 0 Å². The van der Waals surface area contributed by atoms with Crippen LogP contribution in [0.4, 0.5) is 0 Å². The van der Waals surface area contributed by atoms with Crippen LogP contribution in [0.2, 0.25) is 0 Å². The van der Waals surface area contributed by atoms with Gasteiger partial charge < -0.3 is 15.0 Å². The molecule has 1 amide bonds. The summed E-state index contributed by atoms with van der Waals surface area (Å²) in [6.45, 7) is 3.62. The van der Waals surface area contributed by atoms with Gasteiger partial charge in [-0.1, -0.05) is 30.3 Å². The van der Waals surface area contributed by atoms with Crippen molar-refractivity contribution < 1.29 is 9.53 Å². The highest BCUT2D eigenvalue weighted by Crippen LogP contribution is 2.22. The second-order valence-corrected chi connectivity index (χ2v) is 6.02. The van der Waals surface area contributed by atoms with Crippen LogP contribution in [-0.4, -0.2) is 50.7 Å². The van der Waals surface area contributed by atoms with Gasteiger partial charge in [-0.25, -0.2) is 0 Å². The van der Waals surface area contributed by atoms with Crippen molar-refractivity contribution in [3.63, 3.8) is 0 Å². The first-order valence-corrected chi connectivity index (χ1v) is 8.31. The number of nitrogens with zero attached hydrogens (tertiary/aromatic N) is 1. The fourth-order valence-corrected chi connectivity index (χ4v) is 2.97. The summed E-state index contributed by atoms with van der Waals surface area (Å²) in [5, 5.41) is 3.13. The third-order valence-electron chi connectivity index (χ3n) is 4.41. The number of rotatable bonds is 8. The number of halogens is 1. The Bertz CT molecular complexity index is 434. The lowest BCUT2D eigenvalue weighted by atomic mass is 9.90. The maximum atomic E-state index is 12.1. The number of likely N-dealkylation sites (tertiary alicyclic amines) is 1. The molecule has 1 aromatic rings. The molecule has 1 fully saturated rings. The Morgan fingerprint density at radius 3 is 2.61 bits per heavy atom. The van der Waals surface area contributed by atoms with Crippen LogP contribution < -0.4 is 5.32 Å². The third kappa shape index (κ3) is 7.34. The minimum Gasteiger partial charge on any atom is -0.383 e. The van der Waals surface area contributed by atoms with Crippen LogP contribution in [0.1, 0.15) is 24.8 Å². The van der Waals surface area contributed by atoms with Crippen molar-refractivity contribution in [2.75, 3.05) is 39.9 Å². The van der Waals surface area contributed by atoms with E-state index in [1.54, 1.807) is 7.11 Å². The molecule has 0 atom stereocenters. The van der Waals surface area contributed by atoms with Gasteiger partial charge in [-0.05, 0) is 37.2 Å². The van der Waals surface area contributed by atoms with Crippen molar-refractivity contribution in [3.8, 4) is 0 Å². The molecule has 0 bridgehead atoms. The maximum absolute atomic E-state index is 12.1. The Morgan fingerprint density at radius 2 is 1.96 bits per heavy atom. The maximum Gasteiger partial charge on any atom is 0.236 e. The van der Waals surface area contributed by atoms with Crippen molar-refractivity contribution in [2.24, 2.45) is 5.92 Å². The number of nitrogens with one attached hydrogen (secondary N) is 1. The lowest BCUT2D eigenvalue weighted by molar-refractivity contribution is -0.131. The normalized spacial score (nSPS) is 15.3. The molecule has 1 aliphatic rings. The van der Waals surface area contributed by atoms with Gasteiger partial charge in [0.05, 0.1) is 13.2 Å². The predicted octanol–water partition coefficient (Wildman–Crippen LogP) is 2.52. The largest absolute Gasteiger partial charge is 0.383 e. The highest BCUT2D eigenvalue weighted by atomic mass is 35.5. The molecule has 1 aliphatic heterocycles. The molecule has 2 rings (SSSR count). The second kappa shape index (κ2) is 11.4. The van der Waals surface area contributed by atoms with Crippen LogP contribution in [0.15, 0.2) is 30.3 Å². The number of hydrogen-bond acceptors (Lipinski definition) is 3. The third-order valence-corrected chi connectivity index (χ3v) is 4.41. The Morgan fingerprint density at radius 1 is 1.26 bits per heavy atom. The number of aryl methyl sites for hydroxylation is 1. The van der Waals surface area contributed by atoms with E-state index in [-0.39, 0.29) is 18.3 Å². The lowest BCUT2D eigenvalue weighted by Crippen LogP contribution is -2.43. The summed E-state index contributed by atoms with van der Waals surface area (Å²) in [5.41, 5.74) is 1.42. The zero-order valence-corrected chi connectivity index (χ0v) is 14.8. The van der Waals surface area contributed by atoms with Crippen molar-refractivity contribution in [1.29, 1.82) is 0 Å². The summed E-state index contributed by atoms with van der Waals surface area (Å²) in [6, 6.07) is 10.7. The average molecular weight is 341 g/mol. The smallest absolute Gasteiger partial charge is 0.236 e. The highest BCUT2D eigenvalue weighted by Gasteiger charge is 2.22. The van der Waals surface area contributed by atoms with E-state index in [1.807, 2.05) is 4.90 Å². The van der Waals surface area contributed by atoms with Gasteiger partial charge in [0.1, 0.15) is 0 Å². The van der Waals surface area contributed by atoms with E-state index in [9.17, 15) is 4.79 Å². The molecule has 0 saturated carbocycles. The molecule has 5 heteroatoms. The molecule has 0 aromatic heterocycles. The predicted molar refractivity (Wildman–Crippen MR) is 96.1 cm³/mol. The van der Waals surface area contributed by atoms with E-state index >= 15 is 0 Å². The van der Waals surface area contributed by atoms with Crippen molar-refractivity contribution in [2.45, 2.75) is 25.7 Å². The zero-order valence-electron chi connectivity index (χ0n) is 14.0. The fraction of sp³-hybridized carbons (Fsp3) is 0.611. The van der Waals surface area contributed by atoms with Crippen LogP contribution in [0.3, 0.4) is 0 Å². The monoisotopic (exact) mass is 340 g/mol. The molecule has 0 spiro atoms. The first-order chi connectivity index (χ1) is 10.8. The molecule has 4 nitrogen and oxygen atoms in total. The van der Waals surface area contributed by atoms with Gasteiger partial charge in [-0.2, -0.15) is 0 Å². The topological polar surface area (TPSA) is 41.6 Å². The van der Waals surface area contributed by atoms with E-state index in [0.717, 1.165) is 44.8 Å². The average Bonchev–Trinajstić information content (AvgIpc) is 2.58. The number of ether oxygens (including phenoxy) is 1. The Balaban J connectivity index is 0.00000264. The minimum atomic E-state index is 0. The zero-order chi connectivity index (χ0) is 15.6. The van der Waals surface area contributed by atoms with Crippen LogP contribution in [0.25, 0.3) is 0 Å². The van der Waals surface area contributed by atoms with Crippen molar-refractivity contribution in [3.05, 3.63) is 35.9 Å². The highest BCUT2D eigenvalue weighted by molar-refractivity contribution is 5.85. The number of carbonyl (C=O) groups excluding carboxylic acids is 1. The first-order valence-electron chi connectivity index (χ1n) is 8.31. The number of hydrogen-bond donors (Lipinski definition) is 1. The number of amides is 1. The molecular formula is C18H29ClN2O2. The molecule has 1 saturated heterocycles. The van der Waals surface area contributed by atoms with Gasteiger partial charge >= 0.3 is 0 Å². The molecule has 1 N–H and O–H groups in total. The summed E-state index contributed by atoms with van der Waals surface area (Å²) in [6.07, 6.45) is 4.66. The van der Waals surface area contributed by atoms with Crippen LogP contribution in [0, 0.1) is 5.92 Å². The van der Waals surface area contributed by atoms with Gasteiger partial charge in [0.25, 0.3) is 0 Å². The van der Waals surface area contributed by atoms with Crippen LogP contribution in [-0.2, 0) is 16.0 Å². The summed E-state index contributed by atoms with van der Waals surface area (Å²) < 4.78 is 4.96. The minimum absolute atomic E-state index is 0. The van der Waals surface area contributed by atoms with E-state index < -0.39 is 0 Å². The molecule has 1 heterocycles. The van der Waals surface area contributed by atoms with E-state index in [1.165, 1.54) is 12.0 Å². The Labute approximate surface area is 146 Å². The molecular weight excluding hydrogens is 312 g/mol. The summed E-state index contributed by atoms with van der Waals surface area (Å²) >= 11 is 0. The standard InChI is InChI=1S/C18H28N2O2.ClH/c1-22-14-11-19-15-18(21)20-12-9-17(10-13-20)8-7-16-5-3-2-4-6-16;/h2-6,17,19H,7-15H2,1H3;1H. The van der Waals surface area contributed by atoms with Gasteiger partial charge in [-0.15, -0.1) is 12.4 Å². The van der Waals surface area contributed by atoms with E-state index in [4.69, 9.17) is 4.74 Å². The summed E-state index contributed by atoms with van der Waals surface area (Å²) in [4.78, 5) is 14.1. The second-order valence-electron chi connectivity index (χ2n) is 6.02. The van der Waals surface area contributed by atoms with Crippen LogP contribution >= 0.6 is 12.4 Å². The van der Waals surface area contributed by atoms with Crippen molar-refractivity contribution in [1.82, 2.24) is 10.2 Å². The number of methoxy groups -OCH3 is 1. The molecule has 23 heavy (non-hydrogen) atoms. The van der Waals surface area contributed by atoms with Gasteiger partial charge in [0.2, 0.25) is 5.91 Å². The molecule has 0 unspecified atom stereocenters. The van der Waals surface area contributed by atoms with Gasteiger partial charge in [0, 0.05) is 26.7 Å². The molecule has 0 radical (unpaired) electrons. The molecule has 0 aliphatic carbocycles. The first kappa shape index (κ1) is 19.9. The van der Waals surface area contributed by atoms with Crippen molar-refractivity contribution >= 4 is 18.3 Å². The summed E-state index contributed by atoms with van der Waals surface area (Å²) in [5.74, 6) is 0.975. The number of piperidine rings is 1. The summed E-state index contributed by atoms with van der Waals surface area (Å²) in [7, 11) is 1.67. The Hall–Kier alpha value is -1.10. The lowest BCUT2D eigenvalue weighted by Gasteiger charge is -2.32. The fourth-order valence-electron chi connectivity index (χ4n) is 2.97. The quantitative estimate of drug-likeness (QED) is 0.739. The van der Waals surface area contributed by atoms with E-state index in [0.29, 0.717) is 13.2 Å². The number of benzene rings is 1. The molecule has 130 valence electrons. The van der Waals surface area contributed by atoms with Gasteiger partial charge in [-0.3, -0.25) is 4.79 Å².